The molecule has 1 atom stereocenters. The van der Waals surface area contributed by atoms with Crippen LogP contribution < -0.4 is 5.32 Å². The van der Waals surface area contributed by atoms with E-state index in [4.69, 9.17) is 0 Å². The maximum absolute atomic E-state index is 4.21. The maximum atomic E-state index is 4.21. The Balaban J connectivity index is 1.73. The number of thioether (sulfide) groups is 2. The first kappa shape index (κ1) is 12.8. The summed E-state index contributed by atoms with van der Waals surface area (Å²) >= 11 is 7.56. The van der Waals surface area contributed by atoms with Gasteiger partial charge >= 0.3 is 0 Å². The lowest BCUT2D eigenvalue weighted by molar-refractivity contribution is 0.649. The molecule has 2 rings (SSSR count). The third-order valence-corrected chi connectivity index (χ3v) is 6.17. The highest BCUT2D eigenvalue weighted by Gasteiger charge is 2.13. The van der Waals surface area contributed by atoms with Gasteiger partial charge in [0.15, 0.2) is 4.73 Å². The number of aromatic nitrogens is 2. The minimum Gasteiger partial charge on any atom is -0.325 e. The molecule has 1 fully saturated rings. The van der Waals surface area contributed by atoms with Gasteiger partial charge in [-0.3, -0.25) is 0 Å². The summed E-state index contributed by atoms with van der Waals surface area (Å²) in [7, 11) is 2.03. The molecule has 0 bridgehead atoms. The second-order valence-electron chi connectivity index (χ2n) is 3.78. The van der Waals surface area contributed by atoms with Crippen molar-refractivity contribution in [3.63, 3.8) is 0 Å². The first-order chi connectivity index (χ1) is 7.77. The lowest BCUT2D eigenvalue weighted by Gasteiger charge is -2.21. The summed E-state index contributed by atoms with van der Waals surface area (Å²) in [4.78, 5) is 4.21. The zero-order valence-corrected chi connectivity index (χ0v) is 12.5. The van der Waals surface area contributed by atoms with Crippen LogP contribution in [-0.2, 0) is 13.6 Å². The van der Waals surface area contributed by atoms with E-state index in [2.05, 4.69) is 54.3 Å². The highest BCUT2D eigenvalue weighted by molar-refractivity contribution is 9.10. The van der Waals surface area contributed by atoms with E-state index < -0.39 is 0 Å². The Hall–Kier alpha value is 0.350. The van der Waals surface area contributed by atoms with Crippen LogP contribution in [0.3, 0.4) is 0 Å². The number of hydrogen-bond acceptors (Lipinski definition) is 4. The lowest BCUT2D eigenvalue weighted by atomic mass is 10.4. The van der Waals surface area contributed by atoms with Gasteiger partial charge in [-0.15, -0.1) is 0 Å². The van der Waals surface area contributed by atoms with Crippen molar-refractivity contribution in [1.82, 2.24) is 14.9 Å². The first-order valence-corrected chi connectivity index (χ1v) is 8.33. The second kappa shape index (κ2) is 6.33. The first-order valence-electron chi connectivity index (χ1n) is 5.33. The number of imidazole rings is 1. The fourth-order valence-electron chi connectivity index (χ4n) is 1.60. The molecule has 3 nitrogen and oxygen atoms in total. The number of rotatable bonds is 4. The molecular weight excluding hydrogens is 306 g/mol. The molecule has 1 aliphatic rings. The Morgan fingerprint density at radius 3 is 3.12 bits per heavy atom. The van der Waals surface area contributed by atoms with E-state index in [9.17, 15) is 0 Å². The van der Waals surface area contributed by atoms with Gasteiger partial charge in [-0.25, -0.2) is 4.98 Å². The van der Waals surface area contributed by atoms with Crippen LogP contribution in [-0.4, -0.2) is 38.6 Å². The van der Waals surface area contributed by atoms with E-state index >= 15 is 0 Å². The molecule has 1 aliphatic heterocycles. The molecule has 6 heteroatoms. The zero-order chi connectivity index (χ0) is 11.4. The van der Waals surface area contributed by atoms with Crippen molar-refractivity contribution in [2.24, 2.45) is 7.05 Å². The van der Waals surface area contributed by atoms with Crippen molar-refractivity contribution in [3.05, 3.63) is 16.6 Å². The van der Waals surface area contributed by atoms with E-state index in [0.29, 0.717) is 0 Å². The molecule has 2 heterocycles. The van der Waals surface area contributed by atoms with E-state index in [1.54, 1.807) is 0 Å². The Labute approximate surface area is 113 Å². The van der Waals surface area contributed by atoms with Gasteiger partial charge < -0.3 is 9.88 Å². The summed E-state index contributed by atoms with van der Waals surface area (Å²) in [5.74, 6) is 3.90. The van der Waals surface area contributed by atoms with Crippen LogP contribution in [0.2, 0.25) is 0 Å². The van der Waals surface area contributed by atoms with Crippen LogP contribution in [0.4, 0.5) is 0 Å². The van der Waals surface area contributed by atoms with Crippen LogP contribution in [0.1, 0.15) is 5.69 Å². The maximum Gasteiger partial charge on any atom is 0.177 e. The molecule has 90 valence electrons. The van der Waals surface area contributed by atoms with Crippen molar-refractivity contribution in [2.45, 2.75) is 11.8 Å². The highest BCUT2D eigenvalue weighted by atomic mass is 79.9. The smallest absolute Gasteiger partial charge is 0.177 e. The standard InChI is InChI=1S/C10H16BrN3S2/c1-14-8(5-13-10(14)11)4-12-6-9-7-15-2-3-16-9/h5,9,12H,2-4,6-7H2,1H3. The largest absolute Gasteiger partial charge is 0.325 e. The topological polar surface area (TPSA) is 29.9 Å². The van der Waals surface area contributed by atoms with Crippen LogP contribution in [0.15, 0.2) is 10.9 Å². The molecule has 16 heavy (non-hydrogen) atoms. The molecule has 0 aliphatic carbocycles. The van der Waals surface area contributed by atoms with E-state index in [-0.39, 0.29) is 0 Å². The predicted octanol–water partition coefficient (Wildman–Crippen LogP) is 2.12. The average molecular weight is 322 g/mol. The molecule has 0 aromatic carbocycles. The average Bonchev–Trinajstić information content (AvgIpc) is 2.62. The number of nitrogens with one attached hydrogen (secondary N) is 1. The van der Waals surface area contributed by atoms with E-state index in [1.165, 1.54) is 23.0 Å². The van der Waals surface area contributed by atoms with Gasteiger partial charge in [0.2, 0.25) is 0 Å². The summed E-state index contributed by atoms with van der Waals surface area (Å²) in [5.41, 5.74) is 1.22. The minimum atomic E-state index is 0.774. The molecule has 0 amide bonds. The summed E-state index contributed by atoms with van der Waals surface area (Å²) < 4.78 is 2.96. The van der Waals surface area contributed by atoms with Crippen LogP contribution >= 0.6 is 39.5 Å². The second-order valence-corrected chi connectivity index (χ2v) is 7.04. The quantitative estimate of drug-likeness (QED) is 0.920. The predicted molar refractivity (Wildman–Crippen MR) is 76.2 cm³/mol. The fraction of sp³-hybridized carbons (Fsp3) is 0.700. The summed E-state index contributed by atoms with van der Waals surface area (Å²) in [6, 6.07) is 0. The number of nitrogens with zero attached hydrogens (tertiary/aromatic N) is 2. The van der Waals surface area contributed by atoms with Gasteiger partial charge in [-0.2, -0.15) is 23.5 Å². The van der Waals surface area contributed by atoms with E-state index in [0.717, 1.165) is 23.1 Å². The third kappa shape index (κ3) is 3.42. The zero-order valence-electron chi connectivity index (χ0n) is 9.28. The van der Waals surface area contributed by atoms with Crippen LogP contribution in [0.25, 0.3) is 0 Å². The molecule has 0 radical (unpaired) electrons. The van der Waals surface area contributed by atoms with Gasteiger partial charge in [0.05, 0.1) is 11.9 Å². The van der Waals surface area contributed by atoms with Gasteiger partial charge in [0.25, 0.3) is 0 Å². The number of hydrogen-bond donors (Lipinski definition) is 1. The van der Waals surface area contributed by atoms with Crippen LogP contribution in [0.5, 0.6) is 0 Å². The summed E-state index contributed by atoms with van der Waals surface area (Å²) in [6.07, 6.45) is 1.92. The third-order valence-electron chi connectivity index (χ3n) is 2.59. The Bertz CT molecular complexity index is 337. The van der Waals surface area contributed by atoms with Crippen LogP contribution in [0, 0.1) is 0 Å². The Kier molecular flexibility index (Phi) is 5.06. The molecule has 1 aromatic heterocycles. The fourth-order valence-corrected chi connectivity index (χ4v) is 4.58. The molecule has 0 saturated carbocycles. The molecular formula is C10H16BrN3S2. The van der Waals surface area contributed by atoms with Gasteiger partial charge in [-0.05, 0) is 15.9 Å². The van der Waals surface area contributed by atoms with Crippen molar-refractivity contribution in [1.29, 1.82) is 0 Å². The monoisotopic (exact) mass is 321 g/mol. The summed E-state index contributed by atoms with van der Waals surface area (Å²) in [6.45, 7) is 2.00. The minimum absolute atomic E-state index is 0.774. The van der Waals surface area contributed by atoms with Gasteiger partial charge in [-0.1, -0.05) is 0 Å². The van der Waals surface area contributed by atoms with Gasteiger partial charge in [0, 0.05) is 42.6 Å². The van der Waals surface area contributed by atoms with Crippen molar-refractivity contribution >= 4 is 39.5 Å². The van der Waals surface area contributed by atoms with Gasteiger partial charge in [0.1, 0.15) is 0 Å². The highest BCUT2D eigenvalue weighted by Crippen LogP contribution is 2.23. The molecule has 0 spiro atoms. The van der Waals surface area contributed by atoms with Crippen molar-refractivity contribution < 1.29 is 0 Å². The normalized spacial score (nSPS) is 21.2. The van der Waals surface area contributed by atoms with Crippen molar-refractivity contribution in [2.75, 3.05) is 23.8 Å². The number of halogens is 1. The molecule has 1 unspecified atom stereocenters. The molecule has 1 aromatic rings. The lowest BCUT2D eigenvalue weighted by Crippen LogP contribution is -2.29. The van der Waals surface area contributed by atoms with Crippen molar-refractivity contribution in [3.8, 4) is 0 Å². The molecule has 1 N–H and O–H groups in total. The SMILES string of the molecule is Cn1c(CNCC2CSCCS2)cnc1Br. The van der Waals surface area contributed by atoms with E-state index in [1.807, 2.05) is 13.2 Å². The molecule has 1 saturated heterocycles. The Morgan fingerprint density at radius 1 is 1.62 bits per heavy atom. The summed E-state index contributed by atoms with van der Waals surface area (Å²) in [5, 5.41) is 4.28. The Morgan fingerprint density at radius 2 is 2.50 bits per heavy atom.